The van der Waals surface area contributed by atoms with Crippen molar-refractivity contribution in [3.63, 3.8) is 0 Å². The van der Waals surface area contributed by atoms with Crippen molar-refractivity contribution in [2.45, 2.75) is 13.1 Å². The van der Waals surface area contributed by atoms with Gasteiger partial charge in [-0.2, -0.15) is 18.2 Å². The zero-order valence-electron chi connectivity index (χ0n) is 11.3. The van der Waals surface area contributed by atoms with Gasteiger partial charge in [0.25, 0.3) is 0 Å². The zero-order valence-corrected chi connectivity index (χ0v) is 11.3. The lowest BCUT2D eigenvalue weighted by molar-refractivity contribution is -0.137. The number of hydrogen-bond donors (Lipinski definition) is 1. The van der Waals surface area contributed by atoms with Gasteiger partial charge in [-0.1, -0.05) is 6.07 Å². The van der Waals surface area contributed by atoms with Gasteiger partial charge < -0.3 is 10.1 Å². The predicted molar refractivity (Wildman–Crippen MR) is 70.0 cm³/mol. The van der Waals surface area contributed by atoms with E-state index in [1.165, 1.54) is 19.2 Å². The number of aryl methyl sites for hydroxylation is 1. The number of pyridine rings is 1. The average molecular weight is 300 g/mol. The van der Waals surface area contributed by atoms with Crippen molar-refractivity contribution < 1.29 is 22.3 Å². The van der Waals surface area contributed by atoms with E-state index >= 15 is 0 Å². The molecule has 0 aliphatic heterocycles. The van der Waals surface area contributed by atoms with Gasteiger partial charge in [0.2, 0.25) is 5.88 Å². The molecule has 1 aromatic carbocycles. The molecule has 0 spiro atoms. The van der Waals surface area contributed by atoms with Crippen molar-refractivity contribution in [1.82, 2.24) is 4.98 Å². The Kier molecular flexibility index (Phi) is 4.02. The minimum atomic E-state index is -4.52. The van der Waals surface area contributed by atoms with E-state index < -0.39 is 17.6 Å². The highest BCUT2D eigenvalue weighted by atomic mass is 19.4. The summed E-state index contributed by atoms with van der Waals surface area (Å²) >= 11 is 0. The number of alkyl halides is 3. The summed E-state index contributed by atoms with van der Waals surface area (Å²) in [5.74, 6) is -0.683. The molecule has 2 rings (SSSR count). The molecule has 0 saturated heterocycles. The van der Waals surface area contributed by atoms with Gasteiger partial charge in [-0.25, -0.2) is 4.39 Å². The van der Waals surface area contributed by atoms with Gasteiger partial charge in [0.15, 0.2) is 0 Å². The quantitative estimate of drug-likeness (QED) is 0.854. The lowest BCUT2D eigenvalue weighted by Gasteiger charge is -2.13. The van der Waals surface area contributed by atoms with Gasteiger partial charge in [-0.3, -0.25) is 0 Å². The number of rotatable bonds is 3. The third kappa shape index (κ3) is 3.62. The van der Waals surface area contributed by atoms with Gasteiger partial charge in [0.05, 0.1) is 5.56 Å². The molecule has 112 valence electrons. The summed E-state index contributed by atoms with van der Waals surface area (Å²) in [5.41, 5.74) is -0.312. The highest BCUT2D eigenvalue weighted by Crippen LogP contribution is 2.34. The minimum Gasteiger partial charge on any atom is -0.439 e. The van der Waals surface area contributed by atoms with Crippen LogP contribution in [0.1, 0.15) is 11.1 Å². The first-order valence-electron chi connectivity index (χ1n) is 6.00. The van der Waals surface area contributed by atoms with Crippen molar-refractivity contribution >= 4 is 5.82 Å². The van der Waals surface area contributed by atoms with Crippen molar-refractivity contribution in [3.05, 3.63) is 47.3 Å². The maximum Gasteiger partial charge on any atom is 0.416 e. The molecule has 7 heteroatoms. The molecule has 0 atom stereocenters. The van der Waals surface area contributed by atoms with Crippen LogP contribution in [0.15, 0.2) is 30.3 Å². The van der Waals surface area contributed by atoms with Gasteiger partial charge in [-0.15, -0.1) is 0 Å². The van der Waals surface area contributed by atoms with E-state index in [9.17, 15) is 17.6 Å². The van der Waals surface area contributed by atoms with Crippen LogP contribution in [0.4, 0.5) is 23.4 Å². The first kappa shape index (κ1) is 15.1. The normalized spacial score (nSPS) is 11.3. The second-order valence-corrected chi connectivity index (χ2v) is 4.34. The van der Waals surface area contributed by atoms with Gasteiger partial charge in [0.1, 0.15) is 17.4 Å². The summed E-state index contributed by atoms with van der Waals surface area (Å²) in [6, 6.07) is 5.44. The van der Waals surface area contributed by atoms with Crippen LogP contribution >= 0.6 is 0 Å². The lowest BCUT2D eigenvalue weighted by Crippen LogP contribution is -2.07. The molecule has 0 amide bonds. The molecular formula is C14H12F4N2O. The van der Waals surface area contributed by atoms with Crippen LogP contribution in [0.5, 0.6) is 11.6 Å². The average Bonchev–Trinajstić information content (AvgIpc) is 2.41. The topological polar surface area (TPSA) is 34.1 Å². The van der Waals surface area contributed by atoms with Gasteiger partial charge in [-0.05, 0) is 24.6 Å². The molecule has 0 radical (unpaired) electrons. The van der Waals surface area contributed by atoms with Crippen LogP contribution in [-0.4, -0.2) is 12.0 Å². The third-order valence-electron chi connectivity index (χ3n) is 2.75. The Labute approximate surface area is 118 Å². The molecule has 0 bridgehead atoms. The van der Waals surface area contributed by atoms with Crippen LogP contribution in [0.3, 0.4) is 0 Å². The predicted octanol–water partition coefficient (Wildman–Crippen LogP) is 4.38. The molecule has 1 N–H and O–H groups in total. The van der Waals surface area contributed by atoms with E-state index in [4.69, 9.17) is 4.74 Å². The summed E-state index contributed by atoms with van der Waals surface area (Å²) in [6.45, 7) is 1.65. The van der Waals surface area contributed by atoms with Crippen LogP contribution in [-0.2, 0) is 6.18 Å². The first-order valence-corrected chi connectivity index (χ1v) is 6.00. The Balaban J connectivity index is 2.42. The molecule has 21 heavy (non-hydrogen) atoms. The first-order chi connectivity index (χ1) is 9.79. The number of aromatic nitrogens is 1. The van der Waals surface area contributed by atoms with E-state index in [-0.39, 0.29) is 17.4 Å². The lowest BCUT2D eigenvalue weighted by atomic mass is 10.2. The summed E-state index contributed by atoms with van der Waals surface area (Å²) in [4.78, 5) is 3.88. The highest BCUT2D eigenvalue weighted by molar-refractivity contribution is 5.44. The fourth-order valence-electron chi connectivity index (χ4n) is 1.65. The maximum absolute atomic E-state index is 13.2. The monoisotopic (exact) mass is 300 g/mol. The number of anilines is 1. The fraction of sp³-hybridized carbons (Fsp3) is 0.214. The minimum absolute atomic E-state index is 0.00822. The summed E-state index contributed by atoms with van der Waals surface area (Å²) in [5, 5.41) is 2.53. The summed E-state index contributed by atoms with van der Waals surface area (Å²) in [6.07, 6.45) is -4.52. The molecule has 0 unspecified atom stereocenters. The number of ether oxygens (including phenoxy) is 1. The smallest absolute Gasteiger partial charge is 0.416 e. The molecule has 0 aliphatic rings. The Morgan fingerprint density at radius 2 is 1.86 bits per heavy atom. The molecule has 3 nitrogen and oxygen atoms in total. The molecule has 0 fully saturated rings. The number of nitrogens with one attached hydrogen (secondary N) is 1. The standard InChI is InChI=1S/C14H12F4N2O/c1-8-3-4-10(15)7-11(8)21-13-6-9(14(16,17)18)5-12(19-2)20-13/h3-7H,1-2H3,(H,19,20). The largest absolute Gasteiger partial charge is 0.439 e. The van der Waals surface area contributed by atoms with Crippen LogP contribution in [0.25, 0.3) is 0 Å². The number of benzene rings is 1. The second-order valence-electron chi connectivity index (χ2n) is 4.34. The van der Waals surface area contributed by atoms with Crippen molar-refractivity contribution in [2.24, 2.45) is 0 Å². The number of nitrogens with zero attached hydrogens (tertiary/aromatic N) is 1. The zero-order chi connectivity index (χ0) is 15.6. The number of halogens is 4. The molecular weight excluding hydrogens is 288 g/mol. The SMILES string of the molecule is CNc1cc(C(F)(F)F)cc(Oc2cc(F)ccc2C)n1. The third-order valence-corrected chi connectivity index (χ3v) is 2.75. The van der Waals surface area contributed by atoms with Crippen molar-refractivity contribution in [2.75, 3.05) is 12.4 Å². The van der Waals surface area contributed by atoms with E-state index in [1.54, 1.807) is 6.92 Å². The summed E-state index contributed by atoms with van der Waals surface area (Å²) in [7, 11) is 1.44. The Morgan fingerprint density at radius 1 is 1.14 bits per heavy atom. The Hall–Kier alpha value is -2.31. The molecule has 1 heterocycles. The van der Waals surface area contributed by atoms with E-state index in [2.05, 4.69) is 10.3 Å². The van der Waals surface area contributed by atoms with Crippen LogP contribution in [0.2, 0.25) is 0 Å². The van der Waals surface area contributed by atoms with Crippen LogP contribution < -0.4 is 10.1 Å². The molecule has 0 aliphatic carbocycles. The highest BCUT2D eigenvalue weighted by Gasteiger charge is 2.32. The van der Waals surface area contributed by atoms with Crippen molar-refractivity contribution in [1.29, 1.82) is 0 Å². The Bertz CT molecular complexity index is 656. The summed E-state index contributed by atoms with van der Waals surface area (Å²) < 4.78 is 56.8. The molecule has 1 aromatic heterocycles. The maximum atomic E-state index is 13.2. The van der Waals surface area contributed by atoms with Gasteiger partial charge in [0, 0.05) is 19.2 Å². The fourth-order valence-corrected chi connectivity index (χ4v) is 1.65. The van der Waals surface area contributed by atoms with Gasteiger partial charge >= 0.3 is 6.18 Å². The van der Waals surface area contributed by atoms with E-state index in [0.29, 0.717) is 5.56 Å². The van der Waals surface area contributed by atoms with Crippen molar-refractivity contribution in [3.8, 4) is 11.6 Å². The molecule has 0 saturated carbocycles. The van der Waals surface area contributed by atoms with E-state index in [0.717, 1.165) is 18.2 Å². The van der Waals surface area contributed by atoms with E-state index in [1.807, 2.05) is 0 Å². The molecule has 2 aromatic rings. The number of hydrogen-bond acceptors (Lipinski definition) is 3. The van der Waals surface area contributed by atoms with Crippen LogP contribution in [0, 0.1) is 12.7 Å². The Morgan fingerprint density at radius 3 is 2.48 bits per heavy atom. The second kappa shape index (κ2) is 5.59.